The molecule has 0 radical (unpaired) electrons. The predicted octanol–water partition coefficient (Wildman–Crippen LogP) is 3.79. The topological polar surface area (TPSA) is 74.6 Å². The van der Waals surface area contributed by atoms with Crippen LogP contribution in [0.4, 0.5) is 0 Å². The third kappa shape index (κ3) is 7.85. The van der Waals surface area contributed by atoms with Crippen LogP contribution >= 0.6 is 0 Å². The van der Waals surface area contributed by atoms with Crippen LogP contribution in [-0.2, 0) is 9.59 Å². The minimum Gasteiger partial charge on any atom is -0.481 e. The second kappa shape index (κ2) is 9.82. The SMILES string of the molecule is CCC(CCCC(C)CCC(CC)C(=O)O)C(=O)O. The smallest absolute Gasteiger partial charge is 0.306 e. The fraction of sp³-hybridized carbons (Fsp3) is 0.867. The van der Waals surface area contributed by atoms with E-state index in [2.05, 4.69) is 6.92 Å². The molecule has 0 saturated carbocycles. The Balaban J connectivity index is 3.83. The lowest BCUT2D eigenvalue weighted by Gasteiger charge is -2.15. The third-order valence-corrected chi connectivity index (χ3v) is 3.94. The van der Waals surface area contributed by atoms with Crippen molar-refractivity contribution >= 4 is 11.9 Å². The highest BCUT2D eigenvalue weighted by Gasteiger charge is 2.17. The highest BCUT2D eigenvalue weighted by molar-refractivity contribution is 5.70. The first-order chi connectivity index (χ1) is 8.92. The summed E-state index contributed by atoms with van der Waals surface area (Å²) in [4.78, 5) is 21.8. The maximum Gasteiger partial charge on any atom is 0.306 e. The van der Waals surface area contributed by atoms with Gasteiger partial charge in [0.15, 0.2) is 0 Å². The molecule has 19 heavy (non-hydrogen) atoms. The number of carbonyl (C=O) groups is 2. The molecule has 0 aromatic carbocycles. The average molecular weight is 272 g/mol. The molecule has 0 spiro atoms. The number of rotatable bonds is 11. The molecular formula is C15H28O4. The third-order valence-electron chi connectivity index (χ3n) is 3.94. The summed E-state index contributed by atoms with van der Waals surface area (Å²) in [6.45, 7) is 5.93. The number of hydrogen-bond donors (Lipinski definition) is 2. The molecule has 0 aromatic rings. The van der Waals surface area contributed by atoms with Crippen LogP contribution in [0.25, 0.3) is 0 Å². The fourth-order valence-corrected chi connectivity index (χ4v) is 2.35. The first-order valence-electron chi connectivity index (χ1n) is 7.37. The van der Waals surface area contributed by atoms with E-state index in [0.717, 1.165) is 32.1 Å². The standard InChI is InChI=1S/C15H28O4/c1-4-12(14(16)17)8-6-7-11(3)9-10-13(5-2)15(18)19/h11-13H,4-10H2,1-3H3,(H,16,17)(H,18,19). The molecule has 0 aliphatic rings. The van der Waals surface area contributed by atoms with E-state index in [1.165, 1.54) is 0 Å². The van der Waals surface area contributed by atoms with E-state index in [0.29, 0.717) is 18.8 Å². The number of aliphatic carboxylic acids is 2. The van der Waals surface area contributed by atoms with Gasteiger partial charge in [0.1, 0.15) is 0 Å². The molecule has 0 bridgehead atoms. The highest BCUT2D eigenvalue weighted by atomic mass is 16.4. The largest absolute Gasteiger partial charge is 0.481 e. The van der Waals surface area contributed by atoms with Crippen molar-refractivity contribution in [3.63, 3.8) is 0 Å². The van der Waals surface area contributed by atoms with E-state index in [1.54, 1.807) is 0 Å². The molecule has 4 heteroatoms. The van der Waals surface area contributed by atoms with Gasteiger partial charge in [-0.2, -0.15) is 0 Å². The van der Waals surface area contributed by atoms with Gasteiger partial charge in [0.25, 0.3) is 0 Å². The molecule has 0 rings (SSSR count). The number of hydrogen-bond acceptors (Lipinski definition) is 2. The Morgan fingerprint density at radius 2 is 1.32 bits per heavy atom. The molecule has 0 aliphatic carbocycles. The Morgan fingerprint density at radius 1 is 0.842 bits per heavy atom. The van der Waals surface area contributed by atoms with Crippen molar-refractivity contribution in [3.8, 4) is 0 Å². The highest BCUT2D eigenvalue weighted by Crippen LogP contribution is 2.22. The summed E-state index contributed by atoms with van der Waals surface area (Å²) in [6.07, 6.45) is 5.62. The van der Waals surface area contributed by atoms with E-state index in [4.69, 9.17) is 10.2 Å². The number of carboxylic acid groups (broad SMARTS) is 2. The van der Waals surface area contributed by atoms with Gasteiger partial charge in [-0.25, -0.2) is 0 Å². The first-order valence-corrected chi connectivity index (χ1v) is 7.37. The van der Waals surface area contributed by atoms with Gasteiger partial charge >= 0.3 is 11.9 Å². The zero-order valence-corrected chi connectivity index (χ0v) is 12.4. The molecule has 112 valence electrons. The van der Waals surface area contributed by atoms with Gasteiger partial charge in [-0.1, -0.05) is 33.6 Å². The maximum atomic E-state index is 10.9. The fourth-order valence-electron chi connectivity index (χ4n) is 2.35. The molecule has 4 nitrogen and oxygen atoms in total. The molecule has 0 aromatic heterocycles. The summed E-state index contributed by atoms with van der Waals surface area (Å²) in [7, 11) is 0. The van der Waals surface area contributed by atoms with Crippen LogP contribution in [0.2, 0.25) is 0 Å². The molecule has 3 unspecified atom stereocenters. The molecule has 0 aliphatic heterocycles. The van der Waals surface area contributed by atoms with E-state index in [-0.39, 0.29) is 11.8 Å². The molecule has 0 amide bonds. The average Bonchev–Trinajstić information content (AvgIpc) is 2.34. The Labute approximate surface area is 116 Å². The summed E-state index contributed by atoms with van der Waals surface area (Å²) < 4.78 is 0. The Morgan fingerprint density at radius 3 is 1.74 bits per heavy atom. The van der Waals surface area contributed by atoms with Gasteiger partial charge in [-0.3, -0.25) is 9.59 Å². The van der Waals surface area contributed by atoms with Crippen LogP contribution in [-0.4, -0.2) is 22.2 Å². The van der Waals surface area contributed by atoms with Gasteiger partial charge in [0, 0.05) is 0 Å². The van der Waals surface area contributed by atoms with Crippen LogP contribution in [0.3, 0.4) is 0 Å². The van der Waals surface area contributed by atoms with Crippen molar-refractivity contribution < 1.29 is 19.8 Å². The summed E-state index contributed by atoms with van der Waals surface area (Å²) in [6, 6.07) is 0. The second-order valence-electron chi connectivity index (χ2n) is 5.50. The Bertz CT molecular complexity index is 275. The van der Waals surface area contributed by atoms with Gasteiger partial charge in [-0.05, 0) is 38.0 Å². The van der Waals surface area contributed by atoms with Crippen LogP contribution < -0.4 is 0 Å². The molecule has 0 heterocycles. The zero-order chi connectivity index (χ0) is 14.8. The Hall–Kier alpha value is -1.06. The minimum absolute atomic E-state index is 0.227. The van der Waals surface area contributed by atoms with Crippen molar-refractivity contribution in [2.45, 2.75) is 65.7 Å². The van der Waals surface area contributed by atoms with Gasteiger partial charge < -0.3 is 10.2 Å². The molecule has 0 saturated heterocycles. The van der Waals surface area contributed by atoms with E-state index in [1.807, 2.05) is 13.8 Å². The van der Waals surface area contributed by atoms with Crippen LogP contribution in [0.5, 0.6) is 0 Å². The molecule has 2 N–H and O–H groups in total. The van der Waals surface area contributed by atoms with Crippen molar-refractivity contribution in [1.82, 2.24) is 0 Å². The lowest BCUT2D eigenvalue weighted by molar-refractivity contribution is -0.143. The monoisotopic (exact) mass is 272 g/mol. The summed E-state index contributed by atoms with van der Waals surface area (Å²) in [5, 5.41) is 17.9. The van der Waals surface area contributed by atoms with Crippen molar-refractivity contribution in [2.75, 3.05) is 0 Å². The van der Waals surface area contributed by atoms with Gasteiger partial charge in [-0.15, -0.1) is 0 Å². The van der Waals surface area contributed by atoms with Crippen molar-refractivity contribution in [3.05, 3.63) is 0 Å². The summed E-state index contributed by atoms with van der Waals surface area (Å²) in [5.74, 6) is -1.39. The van der Waals surface area contributed by atoms with Gasteiger partial charge in [0.2, 0.25) is 0 Å². The second-order valence-corrected chi connectivity index (χ2v) is 5.50. The van der Waals surface area contributed by atoms with Crippen LogP contribution in [0, 0.1) is 17.8 Å². The summed E-state index contributed by atoms with van der Waals surface area (Å²) in [5.41, 5.74) is 0. The van der Waals surface area contributed by atoms with Crippen molar-refractivity contribution in [1.29, 1.82) is 0 Å². The predicted molar refractivity (Wildman–Crippen MR) is 75.1 cm³/mol. The number of carboxylic acids is 2. The molecule has 0 fully saturated rings. The van der Waals surface area contributed by atoms with Crippen molar-refractivity contribution in [2.24, 2.45) is 17.8 Å². The maximum absolute atomic E-state index is 10.9. The van der Waals surface area contributed by atoms with Crippen LogP contribution in [0.1, 0.15) is 65.7 Å². The minimum atomic E-state index is -0.702. The zero-order valence-electron chi connectivity index (χ0n) is 12.4. The van der Waals surface area contributed by atoms with Gasteiger partial charge in [0.05, 0.1) is 11.8 Å². The molecular weight excluding hydrogens is 244 g/mol. The van der Waals surface area contributed by atoms with E-state index in [9.17, 15) is 9.59 Å². The lowest BCUT2D eigenvalue weighted by Crippen LogP contribution is -2.14. The normalized spacial score (nSPS) is 15.7. The van der Waals surface area contributed by atoms with E-state index >= 15 is 0 Å². The van der Waals surface area contributed by atoms with E-state index < -0.39 is 11.9 Å². The molecule has 3 atom stereocenters. The first kappa shape index (κ1) is 17.9. The summed E-state index contributed by atoms with van der Waals surface area (Å²) >= 11 is 0. The van der Waals surface area contributed by atoms with Crippen LogP contribution in [0.15, 0.2) is 0 Å². The lowest BCUT2D eigenvalue weighted by atomic mass is 9.90. The quantitative estimate of drug-likeness (QED) is 0.600. The Kier molecular flexibility index (Phi) is 9.27.